The molecule has 3 amide bonds. The number of imide groups is 3. The molecule has 0 saturated heterocycles. The number of hydrogen-bond acceptors (Lipinski definition) is 4. The third kappa shape index (κ3) is 3.93. The van der Waals surface area contributed by atoms with Crippen molar-refractivity contribution >= 4 is 17.7 Å². The number of rotatable bonds is 4. The van der Waals surface area contributed by atoms with Gasteiger partial charge in [-0.2, -0.15) is 0 Å². The third-order valence-electron chi connectivity index (χ3n) is 3.99. The minimum Gasteiger partial charge on any atom is -0.497 e. The van der Waals surface area contributed by atoms with Crippen LogP contribution in [0.3, 0.4) is 0 Å². The van der Waals surface area contributed by atoms with E-state index in [0.29, 0.717) is 10.6 Å². The number of nitrogens with zero attached hydrogens (tertiary/aromatic N) is 1. The van der Waals surface area contributed by atoms with Crippen LogP contribution in [0.5, 0.6) is 5.75 Å². The first-order valence-corrected chi connectivity index (χ1v) is 8.29. The van der Waals surface area contributed by atoms with Gasteiger partial charge in [0.25, 0.3) is 17.7 Å². The highest BCUT2D eigenvalue weighted by atomic mass is 16.5. The summed E-state index contributed by atoms with van der Waals surface area (Å²) in [7, 11) is 1.51. The number of carbonyl (C=O) groups is 3. The van der Waals surface area contributed by atoms with Gasteiger partial charge in [0.1, 0.15) is 5.75 Å². The van der Waals surface area contributed by atoms with Crippen molar-refractivity contribution in [3.8, 4) is 5.75 Å². The maximum Gasteiger partial charge on any atom is 0.267 e. The SMILES string of the molecule is COc1ccc(C(=O)N(C(=O)c2ccccc2)C(=O)c2ccccc2)cc1. The molecule has 0 aliphatic carbocycles. The molecule has 0 atom stereocenters. The lowest BCUT2D eigenvalue weighted by molar-refractivity contribution is 0.0538. The van der Waals surface area contributed by atoms with Gasteiger partial charge in [0.2, 0.25) is 0 Å². The van der Waals surface area contributed by atoms with Gasteiger partial charge in [-0.1, -0.05) is 36.4 Å². The molecular weight excluding hydrogens is 342 g/mol. The molecule has 0 N–H and O–H groups in total. The number of ether oxygens (including phenoxy) is 1. The first kappa shape index (κ1) is 18.1. The monoisotopic (exact) mass is 359 g/mol. The van der Waals surface area contributed by atoms with E-state index < -0.39 is 17.7 Å². The highest BCUT2D eigenvalue weighted by Gasteiger charge is 2.31. The number of carbonyl (C=O) groups excluding carboxylic acids is 3. The summed E-state index contributed by atoms with van der Waals surface area (Å²) in [5.41, 5.74) is 0.719. The molecule has 3 aromatic carbocycles. The van der Waals surface area contributed by atoms with Crippen LogP contribution in [-0.2, 0) is 0 Å². The standard InChI is InChI=1S/C22H17NO4/c1-27-19-14-12-18(13-15-19)22(26)23(20(24)16-8-4-2-5-9-16)21(25)17-10-6-3-7-11-17/h2-15H,1H3. The van der Waals surface area contributed by atoms with Gasteiger partial charge in [-0.15, -0.1) is 0 Å². The van der Waals surface area contributed by atoms with E-state index in [1.807, 2.05) is 0 Å². The molecule has 0 aliphatic heterocycles. The summed E-state index contributed by atoms with van der Waals surface area (Å²) in [6, 6.07) is 22.7. The molecule has 27 heavy (non-hydrogen) atoms. The highest BCUT2D eigenvalue weighted by molar-refractivity contribution is 6.23. The van der Waals surface area contributed by atoms with Crippen LogP contribution >= 0.6 is 0 Å². The van der Waals surface area contributed by atoms with Crippen LogP contribution in [0, 0.1) is 0 Å². The molecule has 5 heteroatoms. The van der Waals surface area contributed by atoms with Crippen LogP contribution in [0.15, 0.2) is 84.9 Å². The molecule has 3 rings (SSSR count). The van der Waals surface area contributed by atoms with Gasteiger partial charge in [0.05, 0.1) is 7.11 Å². The molecule has 0 spiro atoms. The molecule has 0 saturated carbocycles. The average molecular weight is 359 g/mol. The normalized spacial score (nSPS) is 10.1. The molecule has 0 radical (unpaired) electrons. The Bertz CT molecular complexity index is 899. The second kappa shape index (κ2) is 8.10. The van der Waals surface area contributed by atoms with E-state index >= 15 is 0 Å². The Hall–Kier alpha value is -3.73. The Kier molecular flexibility index (Phi) is 5.42. The Morgan fingerprint density at radius 2 is 0.963 bits per heavy atom. The van der Waals surface area contributed by atoms with E-state index in [4.69, 9.17) is 4.74 Å². The maximum atomic E-state index is 13.0. The molecule has 0 fully saturated rings. The summed E-state index contributed by atoms with van der Waals surface area (Å²) in [4.78, 5) is 39.6. The molecule has 0 heterocycles. The van der Waals surface area contributed by atoms with Crippen LogP contribution in [0.4, 0.5) is 0 Å². The average Bonchev–Trinajstić information content (AvgIpc) is 2.75. The number of methoxy groups -OCH3 is 1. The van der Waals surface area contributed by atoms with E-state index in [1.54, 1.807) is 72.8 Å². The lowest BCUT2D eigenvalue weighted by Gasteiger charge is -2.19. The lowest BCUT2D eigenvalue weighted by atomic mass is 10.1. The van der Waals surface area contributed by atoms with Crippen molar-refractivity contribution in [3.05, 3.63) is 102 Å². The topological polar surface area (TPSA) is 63.7 Å². The van der Waals surface area contributed by atoms with Gasteiger partial charge in [-0.05, 0) is 48.5 Å². The first-order valence-electron chi connectivity index (χ1n) is 8.29. The number of amides is 3. The minimum absolute atomic E-state index is 0.212. The second-order valence-corrected chi connectivity index (χ2v) is 5.71. The van der Waals surface area contributed by atoms with Crippen LogP contribution in [-0.4, -0.2) is 29.7 Å². The zero-order valence-corrected chi connectivity index (χ0v) is 14.7. The van der Waals surface area contributed by atoms with Gasteiger partial charge in [0.15, 0.2) is 0 Å². The van der Waals surface area contributed by atoms with E-state index in [2.05, 4.69) is 0 Å². The Morgan fingerprint density at radius 3 is 1.33 bits per heavy atom. The fraction of sp³-hybridized carbons (Fsp3) is 0.0455. The zero-order chi connectivity index (χ0) is 19.2. The van der Waals surface area contributed by atoms with Gasteiger partial charge in [0, 0.05) is 16.7 Å². The number of benzene rings is 3. The van der Waals surface area contributed by atoms with Crippen molar-refractivity contribution in [2.45, 2.75) is 0 Å². The van der Waals surface area contributed by atoms with Crippen molar-refractivity contribution in [2.75, 3.05) is 7.11 Å². The van der Waals surface area contributed by atoms with Crippen molar-refractivity contribution < 1.29 is 19.1 Å². The van der Waals surface area contributed by atoms with Gasteiger partial charge in [-0.3, -0.25) is 14.4 Å². The second-order valence-electron chi connectivity index (χ2n) is 5.71. The molecular formula is C22H17NO4. The Labute approximate surface area is 156 Å². The number of hydrogen-bond donors (Lipinski definition) is 0. The van der Waals surface area contributed by atoms with E-state index in [-0.39, 0.29) is 16.7 Å². The quantitative estimate of drug-likeness (QED) is 0.665. The van der Waals surface area contributed by atoms with Crippen molar-refractivity contribution in [1.82, 2.24) is 4.90 Å². The first-order chi connectivity index (χ1) is 13.1. The molecule has 5 nitrogen and oxygen atoms in total. The largest absolute Gasteiger partial charge is 0.497 e. The molecule has 134 valence electrons. The lowest BCUT2D eigenvalue weighted by Crippen LogP contribution is -2.42. The van der Waals surface area contributed by atoms with Crippen LogP contribution in [0.1, 0.15) is 31.1 Å². The summed E-state index contributed by atoms with van der Waals surface area (Å²) >= 11 is 0. The van der Waals surface area contributed by atoms with Gasteiger partial charge < -0.3 is 4.74 Å². The summed E-state index contributed by atoms with van der Waals surface area (Å²) in [5, 5.41) is 0. The summed E-state index contributed by atoms with van der Waals surface area (Å²) in [6.07, 6.45) is 0. The van der Waals surface area contributed by atoms with Gasteiger partial charge >= 0.3 is 0 Å². The van der Waals surface area contributed by atoms with Gasteiger partial charge in [-0.25, -0.2) is 4.90 Å². The molecule has 0 aliphatic rings. The summed E-state index contributed by atoms with van der Waals surface area (Å²) < 4.78 is 5.08. The fourth-order valence-electron chi connectivity index (χ4n) is 2.56. The zero-order valence-electron chi connectivity index (χ0n) is 14.7. The smallest absolute Gasteiger partial charge is 0.267 e. The van der Waals surface area contributed by atoms with Crippen molar-refractivity contribution in [1.29, 1.82) is 0 Å². The van der Waals surface area contributed by atoms with Crippen molar-refractivity contribution in [3.63, 3.8) is 0 Å². The van der Waals surface area contributed by atoms with Crippen molar-refractivity contribution in [2.24, 2.45) is 0 Å². The van der Waals surface area contributed by atoms with Crippen LogP contribution < -0.4 is 4.74 Å². The van der Waals surface area contributed by atoms with Crippen LogP contribution in [0.2, 0.25) is 0 Å². The Morgan fingerprint density at radius 1 is 0.593 bits per heavy atom. The predicted molar refractivity (Wildman–Crippen MR) is 101 cm³/mol. The van der Waals surface area contributed by atoms with Crippen LogP contribution in [0.25, 0.3) is 0 Å². The summed E-state index contributed by atoms with van der Waals surface area (Å²) in [6.45, 7) is 0. The Balaban J connectivity index is 2.02. The molecule has 3 aromatic rings. The highest BCUT2D eigenvalue weighted by Crippen LogP contribution is 2.17. The molecule has 0 bridgehead atoms. The molecule has 0 aromatic heterocycles. The van der Waals surface area contributed by atoms with E-state index in [0.717, 1.165) is 0 Å². The fourth-order valence-corrected chi connectivity index (χ4v) is 2.56. The minimum atomic E-state index is -0.694. The summed E-state index contributed by atoms with van der Waals surface area (Å²) in [5.74, 6) is -1.47. The van der Waals surface area contributed by atoms with E-state index in [9.17, 15) is 14.4 Å². The van der Waals surface area contributed by atoms with E-state index in [1.165, 1.54) is 19.2 Å². The maximum absolute atomic E-state index is 13.0. The predicted octanol–water partition coefficient (Wildman–Crippen LogP) is 3.82. The molecule has 0 unspecified atom stereocenters. The third-order valence-corrected chi connectivity index (χ3v) is 3.99.